The van der Waals surface area contributed by atoms with E-state index < -0.39 is 10.8 Å². The van der Waals surface area contributed by atoms with E-state index in [4.69, 9.17) is 0 Å². The van der Waals surface area contributed by atoms with Gasteiger partial charge in [-0.3, -0.25) is 19.5 Å². The molecular formula is C18H26N4O2S. The molecule has 2 fully saturated rings. The second-order valence-corrected chi connectivity index (χ2v) is 8.86. The van der Waals surface area contributed by atoms with Gasteiger partial charge in [0, 0.05) is 44.7 Å². The summed E-state index contributed by atoms with van der Waals surface area (Å²) in [6, 6.07) is 3.63. The van der Waals surface area contributed by atoms with Gasteiger partial charge >= 0.3 is 0 Å². The summed E-state index contributed by atoms with van der Waals surface area (Å²) in [5, 5.41) is 2.89. The number of amides is 2. The van der Waals surface area contributed by atoms with Crippen molar-refractivity contribution in [2.24, 2.45) is 0 Å². The van der Waals surface area contributed by atoms with E-state index in [0.717, 1.165) is 25.3 Å². The molecule has 25 heavy (non-hydrogen) atoms. The van der Waals surface area contributed by atoms with Crippen LogP contribution in [0, 0.1) is 6.92 Å². The Balaban J connectivity index is 1.51. The van der Waals surface area contributed by atoms with Crippen LogP contribution in [0.15, 0.2) is 18.3 Å². The third kappa shape index (κ3) is 4.15. The Kier molecular flexibility index (Phi) is 5.34. The van der Waals surface area contributed by atoms with Gasteiger partial charge < -0.3 is 10.2 Å². The number of nitrogens with zero attached hydrogens (tertiary/aromatic N) is 3. The molecule has 0 saturated carbocycles. The summed E-state index contributed by atoms with van der Waals surface area (Å²) in [7, 11) is 0. The van der Waals surface area contributed by atoms with Gasteiger partial charge in [-0.05, 0) is 32.4 Å². The average molecular weight is 362 g/mol. The number of carbonyl (C=O) groups excluding carboxylic acids is 2. The Hall–Kier alpha value is -1.60. The standard InChI is InChI=1S/C18H26N4O2S/c1-13-5-4-6-19-14(13)11-21-7-9-22(10-8-21)16(23)15-12-25-18(2,3)17(24)20-15/h4-6,15H,7-12H2,1-3H3,(H,20,24)/t15-/m1/s1. The highest BCUT2D eigenvalue weighted by Crippen LogP contribution is 2.29. The molecule has 0 bridgehead atoms. The van der Waals surface area contributed by atoms with Gasteiger partial charge in [-0.15, -0.1) is 11.8 Å². The summed E-state index contributed by atoms with van der Waals surface area (Å²) < 4.78 is -0.448. The number of hydrogen-bond acceptors (Lipinski definition) is 5. The van der Waals surface area contributed by atoms with Crippen LogP contribution in [0.5, 0.6) is 0 Å². The number of aromatic nitrogens is 1. The molecule has 3 heterocycles. The quantitative estimate of drug-likeness (QED) is 0.871. The lowest BCUT2D eigenvalue weighted by atomic mass is 10.1. The molecule has 0 aromatic carbocycles. The number of carbonyl (C=O) groups is 2. The molecule has 2 aliphatic rings. The van der Waals surface area contributed by atoms with Crippen LogP contribution >= 0.6 is 11.8 Å². The van der Waals surface area contributed by atoms with Gasteiger partial charge in [-0.1, -0.05) is 6.07 Å². The average Bonchev–Trinajstić information content (AvgIpc) is 2.59. The van der Waals surface area contributed by atoms with Gasteiger partial charge in [0.15, 0.2) is 0 Å². The van der Waals surface area contributed by atoms with Crippen LogP contribution in [0.1, 0.15) is 25.1 Å². The number of aryl methyl sites for hydroxylation is 1. The molecule has 2 aliphatic heterocycles. The lowest BCUT2D eigenvalue weighted by Crippen LogP contribution is -2.60. The Morgan fingerprint density at radius 3 is 2.72 bits per heavy atom. The van der Waals surface area contributed by atoms with E-state index in [1.807, 2.05) is 31.0 Å². The maximum Gasteiger partial charge on any atom is 0.246 e. The Morgan fingerprint density at radius 2 is 2.08 bits per heavy atom. The van der Waals surface area contributed by atoms with Crippen LogP contribution in [0.2, 0.25) is 0 Å². The molecule has 1 atom stereocenters. The zero-order valence-corrected chi connectivity index (χ0v) is 15.9. The fourth-order valence-electron chi connectivity index (χ4n) is 3.11. The van der Waals surface area contributed by atoms with E-state index in [-0.39, 0.29) is 11.8 Å². The minimum absolute atomic E-state index is 0.0463. The van der Waals surface area contributed by atoms with Crippen molar-refractivity contribution in [3.05, 3.63) is 29.6 Å². The topological polar surface area (TPSA) is 65.5 Å². The van der Waals surface area contributed by atoms with Crippen molar-refractivity contribution in [1.82, 2.24) is 20.1 Å². The largest absolute Gasteiger partial charge is 0.342 e. The maximum absolute atomic E-state index is 12.7. The molecule has 7 heteroatoms. The lowest BCUT2D eigenvalue weighted by Gasteiger charge is -2.39. The van der Waals surface area contributed by atoms with Crippen LogP contribution in [-0.2, 0) is 16.1 Å². The SMILES string of the molecule is Cc1cccnc1CN1CCN(C(=O)[C@H]2CSC(C)(C)C(=O)N2)CC1. The van der Waals surface area contributed by atoms with E-state index in [2.05, 4.69) is 28.2 Å². The smallest absolute Gasteiger partial charge is 0.246 e. The first-order chi connectivity index (χ1) is 11.9. The third-order valence-corrected chi connectivity index (χ3v) is 6.34. The van der Waals surface area contributed by atoms with Crippen molar-refractivity contribution in [2.45, 2.75) is 38.1 Å². The molecule has 1 aromatic rings. The monoisotopic (exact) mass is 362 g/mol. The summed E-state index contributed by atoms with van der Waals surface area (Å²) in [5.41, 5.74) is 2.30. The Morgan fingerprint density at radius 1 is 1.36 bits per heavy atom. The molecule has 1 aromatic heterocycles. The first-order valence-corrected chi connectivity index (χ1v) is 9.72. The number of piperazine rings is 1. The summed E-state index contributed by atoms with van der Waals surface area (Å²) in [5.74, 6) is 0.640. The van der Waals surface area contributed by atoms with Crippen LogP contribution in [-0.4, -0.2) is 69.3 Å². The van der Waals surface area contributed by atoms with Gasteiger partial charge in [-0.25, -0.2) is 0 Å². The van der Waals surface area contributed by atoms with Gasteiger partial charge in [0.05, 0.1) is 10.4 Å². The fourth-order valence-corrected chi connectivity index (χ4v) is 4.11. The van der Waals surface area contributed by atoms with E-state index in [1.165, 1.54) is 5.56 Å². The fraction of sp³-hybridized carbons (Fsp3) is 0.611. The van der Waals surface area contributed by atoms with E-state index >= 15 is 0 Å². The summed E-state index contributed by atoms with van der Waals surface area (Å²) >= 11 is 1.55. The molecule has 2 amide bonds. The highest BCUT2D eigenvalue weighted by atomic mass is 32.2. The van der Waals surface area contributed by atoms with E-state index in [0.29, 0.717) is 18.8 Å². The highest BCUT2D eigenvalue weighted by molar-refractivity contribution is 8.01. The molecule has 2 saturated heterocycles. The molecule has 0 unspecified atom stereocenters. The van der Waals surface area contributed by atoms with Crippen LogP contribution in [0.25, 0.3) is 0 Å². The molecule has 0 radical (unpaired) electrons. The molecular weight excluding hydrogens is 336 g/mol. The first kappa shape index (κ1) is 18.2. The number of hydrogen-bond donors (Lipinski definition) is 1. The van der Waals surface area contributed by atoms with Gasteiger partial charge in [0.1, 0.15) is 6.04 Å². The second kappa shape index (κ2) is 7.33. The number of thioether (sulfide) groups is 1. The van der Waals surface area contributed by atoms with Crippen LogP contribution in [0.4, 0.5) is 0 Å². The minimum Gasteiger partial charge on any atom is -0.342 e. The number of nitrogens with one attached hydrogen (secondary N) is 1. The summed E-state index contributed by atoms with van der Waals surface area (Å²) in [4.78, 5) is 33.4. The third-order valence-electron chi connectivity index (χ3n) is 4.94. The zero-order valence-electron chi connectivity index (χ0n) is 15.1. The van der Waals surface area contributed by atoms with Crippen molar-refractivity contribution in [2.75, 3.05) is 31.9 Å². The normalized spacial score (nSPS) is 24.0. The molecule has 136 valence electrons. The first-order valence-electron chi connectivity index (χ1n) is 8.73. The van der Waals surface area contributed by atoms with Crippen molar-refractivity contribution in [3.63, 3.8) is 0 Å². The summed E-state index contributed by atoms with van der Waals surface area (Å²) in [6.07, 6.45) is 1.83. The second-order valence-electron chi connectivity index (χ2n) is 7.22. The van der Waals surface area contributed by atoms with E-state index in [1.54, 1.807) is 11.8 Å². The maximum atomic E-state index is 12.7. The van der Waals surface area contributed by atoms with E-state index in [9.17, 15) is 9.59 Å². The van der Waals surface area contributed by atoms with Crippen molar-refractivity contribution in [3.8, 4) is 0 Å². The van der Waals surface area contributed by atoms with Crippen LogP contribution < -0.4 is 5.32 Å². The Labute approximate surface area is 153 Å². The molecule has 0 aliphatic carbocycles. The predicted molar refractivity (Wildman–Crippen MR) is 99.3 cm³/mol. The number of pyridine rings is 1. The van der Waals surface area contributed by atoms with Crippen molar-refractivity contribution < 1.29 is 9.59 Å². The van der Waals surface area contributed by atoms with Crippen molar-refractivity contribution >= 4 is 23.6 Å². The van der Waals surface area contributed by atoms with Gasteiger partial charge in [-0.2, -0.15) is 0 Å². The molecule has 3 rings (SSSR count). The Bertz CT molecular complexity index is 656. The predicted octanol–water partition coefficient (Wildman–Crippen LogP) is 1.04. The molecule has 6 nitrogen and oxygen atoms in total. The van der Waals surface area contributed by atoms with Gasteiger partial charge in [0.2, 0.25) is 11.8 Å². The highest BCUT2D eigenvalue weighted by Gasteiger charge is 2.39. The summed E-state index contributed by atoms with van der Waals surface area (Å²) in [6.45, 7) is 9.75. The van der Waals surface area contributed by atoms with Gasteiger partial charge in [0.25, 0.3) is 0 Å². The van der Waals surface area contributed by atoms with Crippen molar-refractivity contribution in [1.29, 1.82) is 0 Å². The lowest BCUT2D eigenvalue weighted by molar-refractivity contribution is -0.138. The zero-order chi connectivity index (χ0) is 18.0. The minimum atomic E-state index is -0.448. The number of rotatable bonds is 3. The molecule has 0 spiro atoms. The molecule has 1 N–H and O–H groups in total. The van der Waals surface area contributed by atoms with Crippen LogP contribution in [0.3, 0.4) is 0 Å².